The summed E-state index contributed by atoms with van der Waals surface area (Å²) in [6.07, 6.45) is 0. The molecule has 1 N–H and O–H groups in total. The number of carbonyl (C=O) groups is 1. The number of aromatic nitrogens is 2. The van der Waals surface area contributed by atoms with Crippen molar-refractivity contribution in [2.24, 2.45) is 0 Å². The van der Waals surface area contributed by atoms with Gasteiger partial charge in [-0.2, -0.15) is 10.2 Å². The van der Waals surface area contributed by atoms with Gasteiger partial charge in [-0.15, -0.1) is 0 Å². The number of hydrogen-bond acceptors (Lipinski definition) is 5. The zero-order valence-electron chi connectivity index (χ0n) is 7.91. The van der Waals surface area contributed by atoms with Crippen molar-refractivity contribution in [1.29, 1.82) is 5.26 Å². The number of aromatic carboxylic acids is 1. The molecule has 0 unspecified atom stereocenters. The first-order chi connectivity index (χ1) is 7.70. The molecule has 0 aliphatic heterocycles. The van der Waals surface area contributed by atoms with Crippen molar-refractivity contribution in [3.63, 3.8) is 0 Å². The Hall–Kier alpha value is -2.68. The highest BCUT2D eigenvalue weighted by Gasteiger charge is 2.14. The lowest BCUT2D eigenvalue weighted by atomic mass is 10.1. The molecule has 2 aromatic rings. The highest BCUT2D eigenvalue weighted by Crippen LogP contribution is 2.16. The van der Waals surface area contributed by atoms with Gasteiger partial charge in [-0.05, 0) is 12.1 Å². The topological polar surface area (TPSA) is 100 Å². The second kappa shape index (κ2) is 3.82. The second-order valence-corrected chi connectivity index (χ2v) is 2.92. The minimum atomic E-state index is -1.28. The summed E-state index contributed by atoms with van der Waals surface area (Å²) >= 11 is 0. The van der Waals surface area contributed by atoms with Gasteiger partial charge < -0.3 is 9.63 Å². The molecule has 0 atom stereocenters. The third kappa shape index (κ3) is 1.74. The quantitative estimate of drug-likeness (QED) is 0.810. The Morgan fingerprint density at radius 2 is 2.31 bits per heavy atom. The zero-order chi connectivity index (χ0) is 11.5. The molecule has 0 aliphatic carbocycles. The molecule has 78 valence electrons. The van der Waals surface area contributed by atoms with Crippen LogP contribution in [0.3, 0.4) is 0 Å². The molecule has 0 spiro atoms. The largest absolute Gasteiger partial charge is 0.474 e. The van der Waals surface area contributed by atoms with E-state index in [1.807, 2.05) is 6.07 Å². The van der Waals surface area contributed by atoms with Crippen LogP contribution in [0.2, 0.25) is 0 Å². The van der Waals surface area contributed by atoms with Gasteiger partial charge in [0.05, 0.1) is 11.6 Å². The van der Waals surface area contributed by atoms with Gasteiger partial charge in [0.15, 0.2) is 0 Å². The van der Waals surface area contributed by atoms with Gasteiger partial charge in [0.25, 0.3) is 0 Å². The molecule has 0 bridgehead atoms. The zero-order valence-corrected chi connectivity index (χ0v) is 7.91. The predicted octanol–water partition coefficient (Wildman–Crippen LogP) is 1.31. The third-order valence-electron chi connectivity index (χ3n) is 1.86. The first-order valence-corrected chi connectivity index (χ1v) is 4.28. The van der Waals surface area contributed by atoms with E-state index < -0.39 is 11.9 Å². The Morgan fingerprint density at radius 3 is 2.94 bits per heavy atom. The summed E-state index contributed by atoms with van der Waals surface area (Å²) < 4.78 is 4.51. The lowest BCUT2D eigenvalue weighted by Crippen LogP contribution is -1.95. The smallest absolute Gasteiger partial charge is 0.394 e. The molecule has 1 aromatic carbocycles. The molecule has 6 heteroatoms. The Morgan fingerprint density at radius 1 is 1.50 bits per heavy atom. The highest BCUT2D eigenvalue weighted by molar-refractivity contribution is 5.82. The summed E-state index contributed by atoms with van der Waals surface area (Å²) in [5.41, 5.74) is 0.981. The standard InChI is InChI=1S/C10H5N3O3/c11-5-6-2-1-3-7(4-6)8-12-9(10(14)15)16-13-8/h1-4H,(H,14,15). The number of rotatable bonds is 2. The van der Waals surface area contributed by atoms with Crippen LogP contribution in [0.1, 0.15) is 16.2 Å². The SMILES string of the molecule is N#Cc1cccc(-c2noc(C(=O)O)n2)c1. The number of nitriles is 1. The number of benzene rings is 1. The van der Waals surface area contributed by atoms with Crippen molar-refractivity contribution < 1.29 is 14.4 Å². The third-order valence-corrected chi connectivity index (χ3v) is 1.86. The summed E-state index contributed by atoms with van der Waals surface area (Å²) in [5, 5.41) is 20.8. The van der Waals surface area contributed by atoms with Crippen molar-refractivity contribution in [3.8, 4) is 17.5 Å². The van der Waals surface area contributed by atoms with E-state index in [2.05, 4.69) is 14.7 Å². The van der Waals surface area contributed by atoms with E-state index in [4.69, 9.17) is 10.4 Å². The van der Waals surface area contributed by atoms with Crippen LogP contribution in [0.25, 0.3) is 11.4 Å². The first kappa shape index (κ1) is 9.86. The first-order valence-electron chi connectivity index (χ1n) is 4.28. The lowest BCUT2D eigenvalue weighted by Gasteiger charge is -1.93. The normalized spacial score (nSPS) is 9.69. The summed E-state index contributed by atoms with van der Waals surface area (Å²) in [6, 6.07) is 8.46. The van der Waals surface area contributed by atoms with Gasteiger partial charge >= 0.3 is 11.9 Å². The maximum atomic E-state index is 10.5. The molecular formula is C10H5N3O3. The van der Waals surface area contributed by atoms with Crippen LogP contribution in [-0.4, -0.2) is 21.2 Å². The Labute approximate surface area is 89.8 Å². The molecule has 0 saturated heterocycles. The fourth-order valence-corrected chi connectivity index (χ4v) is 1.16. The Balaban J connectivity index is 2.43. The van der Waals surface area contributed by atoms with E-state index in [1.165, 1.54) is 0 Å². The minimum absolute atomic E-state index is 0.148. The molecule has 0 saturated carbocycles. The molecule has 0 radical (unpaired) electrons. The number of hydrogen-bond donors (Lipinski definition) is 1. The Bertz CT molecular complexity index is 583. The number of carboxylic acid groups (broad SMARTS) is 1. The van der Waals surface area contributed by atoms with Gasteiger partial charge in [0.2, 0.25) is 5.82 Å². The summed E-state index contributed by atoms with van der Waals surface area (Å²) in [5.74, 6) is -1.61. The second-order valence-electron chi connectivity index (χ2n) is 2.92. The highest BCUT2D eigenvalue weighted by atomic mass is 16.5. The van der Waals surface area contributed by atoms with Crippen LogP contribution in [0.5, 0.6) is 0 Å². The predicted molar refractivity (Wildman–Crippen MR) is 51.4 cm³/mol. The van der Waals surface area contributed by atoms with Crippen molar-refractivity contribution >= 4 is 5.97 Å². The maximum Gasteiger partial charge on any atom is 0.394 e. The molecule has 0 aliphatic rings. The molecule has 6 nitrogen and oxygen atoms in total. The van der Waals surface area contributed by atoms with E-state index in [0.29, 0.717) is 11.1 Å². The summed E-state index contributed by atoms with van der Waals surface area (Å²) in [7, 11) is 0. The molecule has 0 amide bonds. The van der Waals surface area contributed by atoms with Crippen molar-refractivity contribution in [2.45, 2.75) is 0 Å². The molecular weight excluding hydrogens is 210 g/mol. The van der Waals surface area contributed by atoms with Gasteiger partial charge in [0.1, 0.15) is 0 Å². The molecule has 1 heterocycles. The van der Waals surface area contributed by atoms with Crippen LogP contribution >= 0.6 is 0 Å². The lowest BCUT2D eigenvalue weighted by molar-refractivity contribution is 0.0643. The van der Waals surface area contributed by atoms with Gasteiger partial charge in [0, 0.05) is 5.56 Å². The summed E-state index contributed by atoms with van der Waals surface area (Å²) in [4.78, 5) is 14.2. The van der Waals surface area contributed by atoms with Crippen molar-refractivity contribution in [2.75, 3.05) is 0 Å². The fourth-order valence-electron chi connectivity index (χ4n) is 1.16. The van der Waals surface area contributed by atoms with E-state index in [1.54, 1.807) is 24.3 Å². The van der Waals surface area contributed by atoms with Crippen molar-refractivity contribution in [3.05, 3.63) is 35.7 Å². The molecule has 16 heavy (non-hydrogen) atoms. The number of carboxylic acids is 1. The van der Waals surface area contributed by atoms with Crippen LogP contribution in [0.15, 0.2) is 28.8 Å². The number of nitrogens with zero attached hydrogens (tertiary/aromatic N) is 3. The van der Waals surface area contributed by atoms with Crippen LogP contribution in [0, 0.1) is 11.3 Å². The van der Waals surface area contributed by atoms with Gasteiger partial charge in [-0.3, -0.25) is 0 Å². The van der Waals surface area contributed by atoms with Crippen LogP contribution in [0.4, 0.5) is 0 Å². The molecule has 1 aromatic heterocycles. The van der Waals surface area contributed by atoms with E-state index >= 15 is 0 Å². The summed E-state index contributed by atoms with van der Waals surface area (Å²) in [6.45, 7) is 0. The minimum Gasteiger partial charge on any atom is -0.474 e. The maximum absolute atomic E-state index is 10.5. The van der Waals surface area contributed by atoms with E-state index in [9.17, 15) is 4.79 Å². The van der Waals surface area contributed by atoms with E-state index in [-0.39, 0.29) is 5.82 Å². The Kier molecular flexibility index (Phi) is 2.36. The van der Waals surface area contributed by atoms with Crippen LogP contribution < -0.4 is 0 Å². The van der Waals surface area contributed by atoms with Crippen molar-refractivity contribution in [1.82, 2.24) is 10.1 Å². The van der Waals surface area contributed by atoms with Crippen LogP contribution in [-0.2, 0) is 0 Å². The average molecular weight is 215 g/mol. The van der Waals surface area contributed by atoms with Gasteiger partial charge in [-0.25, -0.2) is 4.79 Å². The fraction of sp³-hybridized carbons (Fsp3) is 0. The molecule has 0 fully saturated rings. The van der Waals surface area contributed by atoms with E-state index in [0.717, 1.165) is 0 Å². The monoisotopic (exact) mass is 215 g/mol. The molecule has 2 rings (SSSR count). The van der Waals surface area contributed by atoms with Gasteiger partial charge in [-0.1, -0.05) is 17.3 Å². The average Bonchev–Trinajstić information content (AvgIpc) is 2.78.